The lowest BCUT2D eigenvalue weighted by Crippen LogP contribution is -2.58. The molecule has 0 spiro atoms. The second-order valence-corrected chi connectivity index (χ2v) is 8.75. The quantitative estimate of drug-likeness (QED) is 0.742. The lowest BCUT2D eigenvalue weighted by Gasteiger charge is -2.43. The smallest absolute Gasteiger partial charge is 0.282 e. The number of nitrogens with zero attached hydrogens (tertiary/aromatic N) is 2. The van der Waals surface area contributed by atoms with E-state index in [1.807, 2.05) is 20.8 Å². The average molecular weight is 325 g/mol. The van der Waals surface area contributed by atoms with E-state index in [0.717, 1.165) is 12.8 Å². The molecule has 0 amide bonds. The van der Waals surface area contributed by atoms with Crippen LogP contribution >= 0.6 is 11.6 Å². The standard InChI is InChI=1S/C13H25ClN2O3S/c1-11-8-16(10-13(2,3)19-11)20(17,18)15-6-4-5-12(7-14)9-15/h11-12H,4-10H2,1-3H3. The lowest BCUT2D eigenvalue weighted by molar-refractivity contribution is -0.110. The summed E-state index contributed by atoms with van der Waals surface area (Å²) in [6, 6.07) is 0. The number of rotatable bonds is 3. The molecule has 2 aliphatic rings. The van der Waals surface area contributed by atoms with E-state index in [1.54, 1.807) is 8.61 Å². The summed E-state index contributed by atoms with van der Waals surface area (Å²) in [5, 5.41) is 0. The molecule has 2 saturated heterocycles. The molecule has 118 valence electrons. The van der Waals surface area contributed by atoms with Crippen LogP contribution in [0.25, 0.3) is 0 Å². The van der Waals surface area contributed by atoms with E-state index in [2.05, 4.69) is 0 Å². The van der Waals surface area contributed by atoms with Crippen molar-refractivity contribution in [1.82, 2.24) is 8.61 Å². The molecule has 2 rings (SSSR count). The maximum absolute atomic E-state index is 12.8. The molecule has 0 N–H and O–H groups in total. The number of hydrogen-bond donors (Lipinski definition) is 0. The van der Waals surface area contributed by atoms with Crippen molar-refractivity contribution in [3.8, 4) is 0 Å². The second-order valence-electron chi connectivity index (χ2n) is 6.51. The zero-order chi connectivity index (χ0) is 15.0. The molecule has 0 saturated carbocycles. The molecular formula is C13H25ClN2O3S. The highest BCUT2D eigenvalue weighted by Gasteiger charge is 2.40. The fraction of sp³-hybridized carbons (Fsp3) is 1.00. The molecular weight excluding hydrogens is 300 g/mol. The number of hydrogen-bond acceptors (Lipinski definition) is 3. The molecule has 5 nitrogen and oxygen atoms in total. The second kappa shape index (κ2) is 6.08. The molecule has 2 aliphatic heterocycles. The van der Waals surface area contributed by atoms with Gasteiger partial charge in [0.25, 0.3) is 10.2 Å². The van der Waals surface area contributed by atoms with Crippen molar-refractivity contribution in [2.24, 2.45) is 5.92 Å². The molecule has 2 unspecified atom stereocenters. The minimum absolute atomic E-state index is 0.0814. The van der Waals surface area contributed by atoms with Crippen LogP contribution in [0.5, 0.6) is 0 Å². The van der Waals surface area contributed by atoms with Crippen molar-refractivity contribution in [2.75, 3.05) is 32.1 Å². The minimum Gasteiger partial charge on any atom is -0.370 e. The van der Waals surface area contributed by atoms with Crippen LogP contribution in [0.3, 0.4) is 0 Å². The Kier molecular flexibility index (Phi) is 5.02. The summed E-state index contributed by atoms with van der Waals surface area (Å²) < 4.78 is 34.5. The van der Waals surface area contributed by atoms with Crippen LogP contribution in [0, 0.1) is 5.92 Å². The van der Waals surface area contributed by atoms with E-state index in [-0.39, 0.29) is 12.0 Å². The summed E-state index contributed by atoms with van der Waals surface area (Å²) in [4.78, 5) is 0. The van der Waals surface area contributed by atoms with Gasteiger partial charge in [0.2, 0.25) is 0 Å². The molecule has 0 aromatic rings. The molecule has 0 aromatic carbocycles. The first-order valence-corrected chi connectivity index (χ1v) is 9.17. The van der Waals surface area contributed by atoms with E-state index in [0.29, 0.717) is 32.1 Å². The topological polar surface area (TPSA) is 49.9 Å². The number of ether oxygens (including phenoxy) is 1. The first-order chi connectivity index (χ1) is 9.24. The van der Waals surface area contributed by atoms with Gasteiger partial charge in [-0.05, 0) is 39.5 Å². The maximum Gasteiger partial charge on any atom is 0.282 e. The molecule has 2 atom stereocenters. The highest BCUT2D eigenvalue weighted by molar-refractivity contribution is 7.86. The van der Waals surface area contributed by atoms with Gasteiger partial charge in [-0.25, -0.2) is 0 Å². The Morgan fingerprint density at radius 2 is 2.00 bits per heavy atom. The predicted molar refractivity (Wildman–Crippen MR) is 80.1 cm³/mol. The van der Waals surface area contributed by atoms with Crippen molar-refractivity contribution >= 4 is 21.8 Å². The first-order valence-electron chi connectivity index (χ1n) is 7.23. The van der Waals surface area contributed by atoms with Gasteiger partial charge >= 0.3 is 0 Å². The van der Waals surface area contributed by atoms with Gasteiger partial charge < -0.3 is 4.74 Å². The van der Waals surface area contributed by atoms with E-state index in [9.17, 15) is 8.42 Å². The monoisotopic (exact) mass is 324 g/mol. The Morgan fingerprint density at radius 3 is 2.60 bits per heavy atom. The summed E-state index contributed by atoms with van der Waals surface area (Å²) in [5.41, 5.74) is -0.438. The van der Waals surface area contributed by atoms with Gasteiger partial charge in [0.15, 0.2) is 0 Å². The Hall–Kier alpha value is 0.120. The van der Waals surface area contributed by atoms with E-state index >= 15 is 0 Å². The van der Waals surface area contributed by atoms with Crippen LogP contribution in [0.15, 0.2) is 0 Å². The Labute approximate surface area is 127 Å². The van der Waals surface area contributed by atoms with Crippen LogP contribution in [0.1, 0.15) is 33.6 Å². The summed E-state index contributed by atoms with van der Waals surface area (Å²) in [6.07, 6.45) is 1.82. The minimum atomic E-state index is -3.40. The zero-order valence-corrected chi connectivity index (χ0v) is 14.1. The van der Waals surface area contributed by atoms with Gasteiger partial charge in [-0.15, -0.1) is 11.6 Å². The van der Waals surface area contributed by atoms with Crippen molar-refractivity contribution in [3.05, 3.63) is 0 Å². The first kappa shape index (κ1) is 16.5. The summed E-state index contributed by atoms with van der Waals surface area (Å²) in [5.74, 6) is 0.795. The maximum atomic E-state index is 12.8. The van der Waals surface area contributed by atoms with Crippen LogP contribution in [-0.2, 0) is 14.9 Å². The van der Waals surface area contributed by atoms with Crippen molar-refractivity contribution in [2.45, 2.75) is 45.3 Å². The lowest BCUT2D eigenvalue weighted by atomic mass is 10.0. The number of piperidine rings is 1. The van der Waals surface area contributed by atoms with Crippen LogP contribution < -0.4 is 0 Å². The Balaban J connectivity index is 2.13. The Morgan fingerprint density at radius 1 is 1.30 bits per heavy atom. The van der Waals surface area contributed by atoms with Crippen molar-refractivity contribution < 1.29 is 13.2 Å². The van der Waals surface area contributed by atoms with Crippen molar-refractivity contribution in [3.63, 3.8) is 0 Å². The van der Waals surface area contributed by atoms with Gasteiger partial charge in [-0.3, -0.25) is 0 Å². The molecule has 2 fully saturated rings. The molecule has 0 bridgehead atoms. The van der Waals surface area contributed by atoms with Gasteiger partial charge in [-0.1, -0.05) is 0 Å². The fourth-order valence-corrected chi connectivity index (χ4v) is 5.31. The van der Waals surface area contributed by atoms with Crippen LogP contribution in [0.2, 0.25) is 0 Å². The van der Waals surface area contributed by atoms with E-state index < -0.39 is 15.8 Å². The summed E-state index contributed by atoms with van der Waals surface area (Å²) in [6.45, 7) is 7.75. The normalized spacial score (nSPS) is 33.2. The zero-order valence-electron chi connectivity index (χ0n) is 12.5. The third-order valence-corrected chi connectivity index (χ3v) is 6.24. The van der Waals surface area contributed by atoms with Crippen LogP contribution in [-0.4, -0.2) is 60.8 Å². The molecule has 20 heavy (non-hydrogen) atoms. The van der Waals surface area contributed by atoms with Crippen LogP contribution in [0.4, 0.5) is 0 Å². The third kappa shape index (κ3) is 3.65. The molecule has 0 aromatic heterocycles. The molecule has 2 heterocycles. The van der Waals surface area contributed by atoms with Gasteiger partial charge in [0.1, 0.15) is 0 Å². The summed E-state index contributed by atoms with van der Waals surface area (Å²) in [7, 11) is -3.40. The van der Waals surface area contributed by atoms with Gasteiger partial charge in [0.05, 0.1) is 11.7 Å². The number of halogens is 1. The highest BCUT2D eigenvalue weighted by Crippen LogP contribution is 2.27. The predicted octanol–water partition coefficient (Wildman–Crippen LogP) is 1.68. The van der Waals surface area contributed by atoms with E-state index in [1.165, 1.54) is 0 Å². The fourth-order valence-electron chi connectivity index (χ4n) is 3.10. The largest absolute Gasteiger partial charge is 0.370 e. The summed E-state index contributed by atoms with van der Waals surface area (Å²) >= 11 is 5.89. The van der Waals surface area contributed by atoms with E-state index in [4.69, 9.17) is 16.3 Å². The average Bonchev–Trinajstić information content (AvgIpc) is 2.36. The number of alkyl halides is 1. The van der Waals surface area contributed by atoms with Crippen molar-refractivity contribution in [1.29, 1.82) is 0 Å². The highest BCUT2D eigenvalue weighted by atomic mass is 35.5. The van der Waals surface area contributed by atoms with Gasteiger partial charge in [-0.2, -0.15) is 17.0 Å². The Bertz CT molecular complexity index is 441. The van der Waals surface area contributed by atoms with Gasteiger partial charge in [0, 0.05) is 32.1 Å². The SMILES string of the molecule is CC1CN(S(=O)(=O)N2CCCC(CCl)C2)CC(C)(C)O1. The molecule has 0 radical (unpaired) electrons. The molecule has 7 heteroatoms. The third-order valence-electron chi connectivity index (χ3n) is 3.89. The number of morpholine rings is 1. The molecule has 0 aliphatic carbocycles.